The van der Waals surface area contributed by atoms with Gasteiger partial charge in [0.2, 0.25) is 5.91 Å². The molecule has 1 fully saturated rings. The lowest BCUT2D eigenvalue weighted by Gasteiger charge is -2.19. The van der Waals surface area contributed by atoms with Crippen molar-refractivity contribution in [1.29, 1.82) is 0 Å². The van der Waals surface area contributed by atoms with Crippen LogP contribution in [0.25, 0.3) is 0 Å². The monoisotopic (exact) mass is 184 g/mol. The van der Waals surface area contributed by atoms with Gasteiger partial charge in [0.05, 0.1) is 0 Å². The topological polar surface area (TPSA) is 41.1 Å². The molecule has 0 spiro atoms. The molecule has 0 saturated carbocycles. The van der Waals surface area contributed by atoms with Crippen molar-refractivity contribution in [3.05, 3.63) is 0 Å². The number of carbonyl (C=O) groups excluding carboxylic acids is 1. The molecule has 0 bridgehead atoms. The van der Waals surface area contributed by atoms with Crippen LogP contribution in [-0.4, -0.2) is 25.0 Å². The Bertz CT molecular complexity index is 178. The molecule has 3 nitrogen and oxygen atoms in total. The summed E-state index contributed by atoms with van der Waals surface area (Å²) in [6.07, 6.45) is 1.68. The highest BCUT2D eigenvalue weighted by atomic mass is 16.1. The van der Waals surface area contributed by atoms with Crippen LogP contribution >= 0.6 is 0 Å². The van der Waals surface area contributed by atoms with Crippen LogP contribution < -0.4 is 10.6 Å². The van der Waals surface area contributed by atoms with Crippen molar-refractivity contribution in [2.75, 3.05) is 13.1 Å². The Morgan fingerprint density at radius 2 is 2.23 bits per heavy atom. The minimum atomic E-state index is 0.0934. The van der Waals surface area contributed by atoms with Gasteiger partial charge in [-0.25, -0.2) is 0 Å². The quantitative estimate of drug-likeness (QED) is 0.669. The molecule has 76 valence electrons. The van der Waals surface area contributed by atoms with E-state index >= 15 is 0 Å². The predicted octanol–water partition coefficient (Wildman–Crippen LogP) is 0.901. The average molecular weight is 184 g/mol. The Morgan fingerprint density at radius 3 is 2.69 bits per heavy atom. The molecule has 0 radical (unpaired) electrons. The molecule has 2 N–H and O–H groups in total. The maximum absolute atomic E-state index is 11.5. The maximum atomic E-state index is 11.5. The summed E-state index contributed by atoms with van der Waals surface area (Å²) in [6.45, 7) is 8.20. The Hall–Kier alpha value is -0.570. The van der Waals surface area contributed by atoms with Gasteiger partial charge in [-0.05, 0) is 18.4 Å². The first kappa shape index (κ1) is 10.5. The van der Waals surface area contributed by atoms with Gasteiger partial charge >= 0.3 is 0 Å². The van der Waals surface area contributed by atoms with E-state index in [2.05, 4.69) is 31.4 Å². The van der Waals surface area contributed by atoms with E-state index in [0.717, 1.165) is 19.5 Å². The lowest BCUT2D eigenvalue weighted by Crippen LogP contribution is -2.37. The molecule has 1 aliphatic rings. The number of hydrogen-bond donors (Lipinski definition) is 2. The number of nitrogens with one attached hydrogen (secondary N) is 2. The first-order chi connectivity index (χ1) is 5.97. The van der Waals surface area contributed by atoms with Gasteiger partial charge < -0.3 is 10.6 Å². The third-order valence-corrected chi connectivity index (χ3v) is 2.12. The molecule has 1 atom stereocenters. The molecular formula is C10H20N2O. The lowest BCUT2D eigenvalue weighted by molar-refractivity contribution is -0.123. The second-order valence-corrected chi connectivity index (χ2v) is 4.99. The Kier molecular flexibility index (Phi) is 3.31. The Morgan fingerprint density at radius 1 is 1.54 bits per heavy atom. The van der Waals surface area contributed by atoms with Gasteiger partial charge in [-0.3, -0.25) is 4.79 Å². The van der Waals surface area contributed by atoms with E-state index in [1.165, 1.54) is 0 Å². The molecule has 1 heterocycles. The largest absolute Gasteiger partial charge is 0.352 e. The molecule has 0 aromatic carbocycles. The van der Waals surface area contributed by atoms with Crippen LogP contribution in [0, 0.1) is 5.41 Å². The summed E-state index contributed by atoms with van der Waals surface area (Å²) in [7, 11) is 0. The van der Waals surface area contributed by atoms with Crippen molar-refractivity contribution in [2.24, 2.45) is 5.41 Å². The molecule has 0 aliphatic carbocycles. The van der Waals surface area contributed by atoms with Gasteiger partial charge in [-0.15, -0.1) is 0 Å². The van der Waals surface area contributed by atoms with Crippen molar-refractivity contribution in [3.8, 4) is 0 Å². The minimum absolute atomic E-state index is 0.0934. The summed E-state index contributed by atoms with van der Waals surface area (Å²) in [5.74, 6) is 0.182. The van der Waals surface area contributed by atoms with Gasteiger partial charge in [0.1, 0.15) is 0 Å². The molecule has 0 aromatic heterocycles. The minimum Gasteiger partial charge on any atom is -0.352 e. The van der Waals surface area contributed by atoms with Crippen LogP contribution in [-0.2, 0) is 4.79 Å². The first-order valence-corrected chi connectivity index (χ1v) is 4.97. The van der Waals surface area contributed by atoms with Crippen molar-refractivity contribution in [3.63, 3.8) is 0 Å². The van der Waals surface area contributed by atoms with E-state index < -0.39 is 0 Å². The first-order valence-electron chi connectivity index (χ1n) is 4.97. The molecule has 1 rings (SSSR count). The zero-order valence-corrected chi connectivity index (χ0v) is 8.81. The highest BCUT2D eigenvalue weighted by Gasteiger charge is 2.20. The number of amides is 1. The Balaban J connectivity index is 2.24. The molecule has 1 amide bonds. The average Bonchev–Trinajstić information content (AvgIpc) is 2.34. The zero-order chi connectivity index (χ0) is 9.90. The van der Waals surface area contributed by atoms with Crippen molar-refractivity contribution in [1.82, 2.24) is 10.6 Å². The summed E-state index contributed by atoms with van der Waals surface area (Å²) in [5, 5.41) is 6.26. The molecule has 1 saturated heterocycles. The fourth-order valence-electron chi connectivity index (χ4n) is 1.54. The van der Waals surface area contributed by atoms with E-state index in [-0.39, 0.29) is 11.3 Å². The van der Waals surface area contributed by atoms with E-state index in [1.54, 1.807) is 0 Å². The molecule has 0 aromatic rings. The predicted molar refractivity (Wildman–Crippen MR) is 53.5 cm³/mol. The second kappa shape index (κ2) is 4.09. The molecule has 1 aliphatic heterocycles. The van der Waals surface area contributed by atoms with E-state index in [9.17, 15) is 4.79 Å². The number of hydrogen-bond acceptors (Lipinski definition) is 2. The van der Waals surface area contributed by atoms with Crippen molar-refractivity contribution in [2.45, 2.75) is 39.7 Å². The third kappa shape index (κ3) is 4.27. The number of rotatable bonds is 2. The van der Waals surface area contributed by atoms with Crippen molar-refractivity contribution >= 4 is 5.91 Å². The summed E-state index contributed by atoms with van der Waals surface area (Å²) >= 11 is 0. The smallest absolute Gasteiger partial charge is 0.220 e. The highest BCUT2D eigenvalue weighted by Crippen LogP contribution is 2.18. The van der Waals surface area contributed by atoms with E-state index in [1.807, 2.05) is 0 Å². The van der Waals surface area contributed by atoms with Crippen LogP contribution in [0.5, 0.6) is 0 Å². The summed E-state index contributed by atoms with van der Waals surface area (Å²) in [5.41, 5.74) is 0.0934. The molecule has 3 heteroatoms. The Labute approximate surface area is 80.3 Å². The van der Waals surface area contributed by atoms with Crippen molar-refractivity contribution < 1.29 is 4.79 Å². The van der Waals surface area contributed by atoms with Gasteiger partial charge in [0, 0.05) is 19.0 Å². The molecule has 0 unspecified atom stereocenters. The third-order valence-electron chi connectivity index (χ3n) is 2.12. The summed E-state index contributed by atoms with van der Waals surface area (Å²) in [4.78, 5) is 11.5. The number of carbonyl (C=O) groups is 1. The summed E-state index contributed by atoms with van der Waals surface area (Å²) in [6, 6.07) is 0.356. The van der Waals surface area contributed by atoms with Crippen LogP contribution in [0.2, 0.25) is 0 Å². The van der Waals surface area contributed by atoms with Crippen LogP contribution in [0.15, 0.2) is 0 Å². The summed E-state index contributed by atoms with van der Waals surface area (Å²) < 4.78 is 0. The molecule has 13 heavy (non-hydrogen) atoms. The molecular weight excluding hydrogens is 164 g/mol. The fraction of sp³-hybridized carbons (Fsp3) is 0.900. The highest BCUT2D eigenvalue weighted by molar-refractivity contribution is 5.76. The van der Waals surface area contributed by atoms with Crippen LogP contribution in [0.4, 0.5) is 0 Å². The van der Waals surface area contributed by atoms with Gasteiger partial charge in [0.25, 0.3) is 0 Å². The van der Waals surface area contributed by atoms with Gasteiger partial charge in [-0.2, -0.15) is 0 Å². The van der Waals surface area contributed by atoms with Crippen LogP contribution in [0.1, 0.15) is 33.6 Å². The standard InChI is InChI=1S/C10H20N2O/c1-10(2,3)6-9(13)12-8-4-5-11-7-8/h8,11H,4-7H2,1-3H3,(H,12,13)/t8-/m1/s1. The van der Waals surface area contributed by atoms with Crippen LogP contribution in [0.3, 0.4) is 0 Å². The fourth-order valence-corrected chi connectivity index (χ4v) is 1.54. The van der Waals surface area contributed by atoms with Gasteiger partial charge in [-0.1, -0.05) is 20.8 Å². The van der Waals surface area contributed by atoms with Gasteiger partial charge in [0.15, 0.2) is 0 Å². The SMILES string of the molecule is CC(C)(C)CC(=O)N[C@@H]1CCNC1. The normalized spacial score (nSPS) is 23.2. The second-order valence-electron chi connectivity index (χ2n) is 4.99. The lowest BCUT2D eigenvalue weighted by atomic mass is 9.92. The van der Waals surface area contributed by atoms with E-state index in [0.29, 0.717) is 12.5 Å². The van der Waals surface area contributed by atoms with E-state index in [4.69, 9.17) is 0 Å². The zero-order valence-electron chi connectivity index (χ0n) is 8.81. The maximum Gasteiger partial charge on any atom is 0.220 e.